The number of amides is 2. The van der Waals surface area contributed by atoms with Gasteiger partial charge in [-0.15, -0.1) is 0 Å². The fourth-order valence-corrected chi connectivity index (χ4v) is 3.89. The van der Waals surface area contributed by atoms with E-state index in [1.54, 1.807) is 24.3 Å². The number of anilines is 1. The maximum Gasteiger partial charge on any atom is 0.338 e. The number of halogens is 1. The highest BCUT2D eigenvalue weighted by Gasteiger charge is 2.43. The van der Waals surface area contributed by atoms with E-state index in [0.29, 0.717) is 42.2 Å². The van der Waals surface area contributed by atoms with E-state index in [-0.39, 0.29) is 5.57 Å². The van der Waals surface area contributed by atoms with Crippen molar-refractivity contribution < 1.29 is 23.5 Å². The zero-order valence-corrected chi connectivity index (χ0v) is 17.3. The van der Waals surface area contributed by atoms with E-state index in [0.717, 1.165) is 24.2 Å². The van der Waals surface area contributed by atoms with Crippen molar-refractivity contribution in [3.63, 3.8) is 0 Å². The highest BCUT2D eigenvalue weighted by molar-refractivity contribution is 6.45. The Labute approximate surface area is 179 Å². The summed E-state index contributed by atoms with van der Waals surface area (Å²) in [5, 5.41) is 0. The van der Waals surface area contributed by atoms with Gasteiger partial charge in [0.25, 0.3) is 11.8 Å². The number of carbonyl (C=O) groups is 3. The second-order valence-corrected chi connectivity index (χ2v) is 7.55. The van der Waals surface area contributed by atoms with E-state index in [9.17, 15) is 18.8 Å². The first-order valence-electron chi connectivity index (χ1n) is 10.4. The lowest BCUT2D eigenvalue weighted by atomic mass is 10.0. The number of rotatable bonds is 6. The molecule has 4 rings (SSSR count). The predicted molar refractivity (Wildman–Crippen MR) is 114 cm³/mol. The molecule has 0 unspecified atom stereocenters. The molecule has 2 aliphatic rings. The zero-order chi connectivity index (χ0) is 22.0. The van der Waals surface area contributed by atoms with Gasteiger partial charge in [-0.05, 0) is 61.2 Å². The first-order valence-corrected chi connectivity index (χ1v) is 10.4. The fourth-order valence-electron chi connectivity index (χ4n) is 3.89. The molecule has 2 heterocycles. The van der Waals surface area contributed by atoms with E-state index in [4.69, 9.17) is 4.74 Å². The van der Waals surface area contributed by atoms with Gasteiger partial charge in [-0.1, -0.05) is 19.1 Å². The average molecular weight is 422 g/mol. The summed E-state index contributed by atoms with van der Waals surface area (Å²) in [5.74, 6) is -1.73. The molecule has 2 amide bonds. The molecule has 7 heteroatoms. The topological polar surface area (TPSA) is 66.9 Å². The Morgan fingerprint density at radius 1 is 0.968 bits per heavy atom. The third kappa shape index (κ3) is 3.95. The summed E-state index contributed by atoms with van der Waals surface area (Å²) < 4.78 is 18.6. The van der Waals surface area contributed by atoms with Crippen LogP contribution in [-0.4, -0.2) is 42.4 Å². The largest absolute Gasteiger partial charge is 0.462 e. The molecule has 2 aliphatic heterocycles. The van der Waals surface area contributed by atoms with Gasteiger partial charge >= 0.3 is 5.97 Å². The van der Waals surface area contributed by atoms with Crippen LogP contribution in [0.25, 0.3) is 5.57 Å². The van der Waals surface area contributed by atoms with Crippen molar-refractivity contribution in [2.24, 2.45) is 0 Å². The number of nitrogens with zero attached hydrogens (tertiary/aromatic N) is 2. The Morgan fingerprint density at radius 2 is 1.61 bits per heavy atom. The normalized spacial score (nSPS) is 16.5. The first kappa shape index (κ1) is 20.8. The summed E-state index contributed by atoms with van der Waals surface area (Å²) in [6.45, 7) is 3.61. The summed E-state index contributed by atoms with van der Waals surface area (Å²) in [6.07, 6.45) is 2.60. The number of hydrogen-bond donors (Lipinski definition) is 0. The maximum atomic E-state index is 13.4. The Balaban J connectivity index is 1.68. The molecule has 0 atom stereocenters. The molecule has 0 spiro atoms. The summed E-state index contributed by atoms with van der Waals surface area (Å²) in [7, 11) is 0. The number of benzene rings is 2. The van der Waals surface area contributed by atoms with Gasteiger partial charge in [0.05, 0.1) is 23.4 Å². The monoisotopic (exact) mass is 422 g/mol. The Morgan fingerprint density at radius 3 is 2.23 bits per heavy atom. The lowest BCUT2D eigenvalue weighted by Gasteiger charge is -2.20. The molecule has 0 aliphatic carbocycles. The van der Waals surface area contributed by atoms with E-state index in [1.165, 1.54) is 24.3 Å². The number of ether oxygens (including phenoxy) is 1. The van der Waals surface area contributed by atoms with Crippen molar-refractivity contribution in [1.29, 1.82) is 0 Å². The van der Waals surface area contributed by atoms with Gasteiger partial charge in [0.15, 0.2) is 0 Å². The van der Waals surface area contributed by atoms with E-state index >= 15 is 0 Å². The van der Waals surface area contributed by atoms with Crippen LogP contribution in [0.1, 0.15) is 42.1 Å². The molecule has 1 saturated heterocycles. The third-order valence-corrected chi connectivity index (χ3v) is 5.41. The molecule has 6 nitrogen and oxygen atoms in total. The molecular formula is C24H23FN2O4. The van der Waals surface area contributed by atoms with E-state index < -0.39 is 23.6 Å². The smallest absolute Gasteiger partial charge is 0.338 e. The van der Waals surface area contributed by atoms with Crippen molar-refractivity contribution in [1.82, 2.24) is 4.90 Å². The van der Waals surface area contributed by atoms with Gasteiger partial charge < -0.3 is 9.64 Å². The highest BCUT2D eigenvalue weighted by atomic mass is 19.1. The van der Waals surface area contributed by atoms with Crippen molar-refractivity contribution in [3.8, 4) is 0 Å². The molecule has 2 aromatic rings. The minimum atomic E-state index is -0.459. The van der Waals surface area contributed by atoms with Crippen molar-refractivity contribution >= 4 is 29.0 Å². The van der Waals surface area contributed by atoms with Crippen LogP contribution in [0.15, 0.2) is 54.2 Å². The lowest BCUT2D eigenvalue weighted by molar-refractivity contribution is -0.120. The number of imide groups is 1. The molecule has 0 bridgehead atoms. The number of carbonyl (C=O) groups excluding carboxylic acids is 3. The number of likely N-dealkylation sites (tertiary alicyclic amines) is 1. The van der Waals surface area contributed by atoms with Gasteiger partial charge in [-0.25, -0.2) is 14.1 Å². The van der Waals surface area contributed by atoms with Gasteiger partial charge in [0.1, 0.15) is 11.5 Å². The molecule has 0 N–H and O–H groups in total. The third-order valence-electron chi connectivity index (χ3n) is 5.41. The van der Waals surface area contributed by atoms with Crippen LogP contribution in [0.3, 0.4) is 0 Å². The fraction of sp³-hybridized carbons (Fsp3) is 0.292. The standard InChI is InChI=1S/C24H23FN2O4/c1-2-15-31-24(30)17-7-11-19(12-8-17)27-22(28)20(16-5-9-18(25)10-6-16)21(23(27)29)26-13-3-4-14-26/h5-12H,2-4,13-15H2,1H3. The molecule has 0 radical (unpaired) electrons. The van der Waals surface area contributed by atoms with Crippen LogP contribution < -0.4 is 4.90 Å². The van der Waals surface area contributed by atoms with Gasteiger partial charge in [-0.3, -0.25) is 9.59 Å². The summed E-state index contributed by atoms with van der Waals surface area (Å²) >= 11 is 0. The van der Waals surface area contributed by atoms with E-state index in [1.807, 2.05) is 11.8 Å². The van der Waals surface area contributed by atoms with Crippen molar-refractivity contribution in [3.05, 3.63) is 71.2 Å². The summed E-state index contributed by atoms with van der Waals surface area (Å²) in [4.78, 5) is 41.8. The summed E-state index contributed by atoms with van der Waals surface area (Å²) in [6, 6.07) is 11.8. The quantitative estimate of drug-likeness (QED) is 0.524. The second kappa shape index (κ2) is 8.71. The number of hydrogen-bond acceptors (Lipinski definition) is 5. The highest BCUT2D eigenvalue weighted by Crippen LogP contribution is 2.36. The second-order valence-electron chi connectivity index (χ2n) is 7.55. The van der Waals surface area contributed by atoms with Crippen LogP contribution in [0.5, 0.6) is 0 Å². The van der Waals surface area contributed by atoms with Crippen molar-refractivity contribution in [2.75, 3.05) is 24.6 Å². The molecule has 31 heavy (non-hydrogen) atoms. The Kier molecular flexibility index (Phi) is 5.84. The maximum absolute atomic E-state index is 13.4. The van der Waals surface area contributed by atoms with Crippen LogP contribution in [0, 0.1) is 5.82 Å². The molecule has 160 valence electrons. The van der Waals surface area contributed by atoms with Crippen molar-refractivity contribution in [2.45, 2.75) is 26.2 Å². The predicted octanol–water partition coefficient (Wildman–Crippen LogP) is 3.77. The van der Waals surface area contributed by atoms with Crippen LogP contribution in [0.4, 0.5) is 10.1 Å². The molecule has 1 fully saturated rings. The molecule has 2 aromatic carbocycles. The average Bonchev–Trinajstić information content (AvgIpc) is 3.39. The SMILES string of the molecule is CCCOC(=O)c1ccc(N2C(=O)C(c3ccc(F)cc3)=C(N3CCCC3)C2=O)cc1. The minimum Gasteiger partial charge on any atom is -0.462 e. The van der Waals surface area contributed by atoms with Gasteiger partial charge in [0.2, 0.25) is 0 Å². The first-order chi connectivity index (χ1) is 15.0. The number of esters is 1. The van der Waals surface area contributed by atoms with Gasteiger partial charge in [-0.2, -0.15) is 0 Å². The minimum absolute atomic E-state index is 0.276. The Hall–Kier alpha value is -3.48. The van der Waals surface area contributed by atoms with E-state index in [2.05, 4.69) is 0 Å². The van der Waals surface area contributed by atoms with Crippen LogP contribution in [0.2, 0.25) is 0 Å². The van der Waals surface area contributed by atoms with Crippen LogP contribution >= 0.6 is 0 Å². The lowest BCUT2D eigenvalue weighted by Crippen LogP contribution is -2.34. The van der Waals surface area contributed by atoms with Crippen LogP contribution in [-0.2, 0) is 14.3 Å². The Bertz CT molecular complexity index is 1040. The molecule has 0 aromatic heterocycles. The zero-order valence-electron chi connectivity index (χ0n) is 17.3. The van der Waals surface area contributed by atoms with Gasteiger partial charge in [0, 0.05) is 13.1 Å². The molecule has 0 saturated carbocycles. The summed E-state index contributed by atoms with van der Waals surface area (Å²) in [5.41, 5.74) is 1.85. The molecular weight excluding hydrogens is 399 g/mol.